The van der Waals surface area contributed by atoms with Gasteiger partial charge in [-0.25, -0.2) is 14.4 Å². The molecular formula is C45H47NO9Si. The van der Waals surface area contributed by atoms with Crippen molar-refractivity contribution in [3.05, 3.63) is 168 Å². The van der Waals surface area contributed by atoms with E-state index >= 15 is 0 Å². The van der Waals surface area contributed by atoms with Crippen LogP contribution in [-0.2, 0) is 28.2 Å². The summed E-state index contributed by atoms with van der Waals surface area (Å²) < 4.78 is 32.9. The summed E-state index contributed by atoms with van der Waals surface area (Å²) in [6, 6.07) is 45.5. The molecule has 1 fully saturated rings. The average molecular weight is 774 g/mol. The molecule has 56 heavy (non-hydrogen) atoms. The Morgan fingerprint density at radius 1 is 0.571 bits per heavy atom. The van der Waals surface area contributed by atoms with Crippen LogP contribution in [0.3, 0.4) is 0 Å². The van der Waals surface area contributed by atoms with Crippen LogP contribution in [0.5, 0.6) is 0 Å². The lowest BCUT2D eigenvalue weighted by Gasteiger charge is -2.48. The number of esters is 3. The molecule has 0 amide bonds. The van der Waals surface area contributed by atoms with Crippen molar-refractivity contribution >= 4 is 36.6 Å². The van der Waals surface area contributed by atoms with E-state index in [1.807, 2.05) is 36.4 Å². The van der Waals surface area contributed by atoms with Gasteiger partial charge in [0.2, 0.25) is 0 Å². The Kier molecular flexibility index (Phi) is 12.9. The highest BCUT2D eigenvalue weighted by atomic mass is 28.4. The molecule has 5 aromatic carbocycles. The van der Waals surface area contributed by atoms with Gasteiger partial charge in [-0.05, 0) is 51.8 Å². The first-order valence-electron chi connectivity index (χ1n) is 18.5. The van der Waals surface area contributed by atoms with Gasteiger partial charge in [-0.2, -0.15) is 5.06 Å². The number of benzene rings is 5. The van der Waals surface area contributed by atoms with E-state index < -0.39 is 61.9 Å². The minimum Gasteiger partial charge on any atom is -0.452 e. The minimum absolute atomic E-state index is 0.104. The van der Waals surface area contributed by atoms with Gasteiger partial charge < -0.3 is 23.4 Å². The largest absolute Gasteiger partial charge is 0.452 e. The van der Waals surface area contributed by atoms with Gasteiger partial charge in [0.1, 0.15) is 6.10 Å². The summed E-state index contributed by atoms with van der Waals surface area (Å²) in [7, 11) is -0.121. The van der Waals surface area contributed by atoms with Crippen LogP contribution >= 0.6 is 0 Å². The molecule has 1 aliphatic heterocycles. The lowest BCUT2D eigenvalue weighted by molar-refractivity contribution is -0.317. The first kappa shape index (κ1) is 40.2. The van der Waals surface area contributed by atoms with Crippen molar-refractivity contribution in [3.8, 4) is 0 Å². The highest BCUT2D eigenvalue weighted by molar-refractivity contribution is 6.99. The Labute approximate surface area is 329 Å². The van der Waals surface area contributed by atoms with Gasteiger partial charge in [0.15, 0.2) is 24.5 Å². The van der Waals surface area contributed by atoms with Gasteiger partial charge in [-0.1, -0.05) is 136 Å². The number of carbonyl (C=O) groups is 3. The zero-order valence-electron chi connectivity index (χ0n) is 32.1. The Hall–Kier alpha value is -5.43. The molecule has 290 valence electrons. The first-order chi connectivity index (χ1) is 27.0. The van der Waals surface area contributed by atoms with E-state index in [2.05, 4.69) is 45.0 Å². The number of nitrogens with zero attached hydrogens (tertiary/aromatic N) is 1. The molecule has 11 heteroatoms. The summed E-state index contributed by atoms with van der Waals surface area (Å²) in [5.41, 5.74) is 0.771. The predicted octanol–water partition coefficient (Wildman–Crippen LogP) is 6.46. The number of hydrogen-bond acceptors (Lipinski definition) is 10. The SMILES string of the molecule is CON(C)[C@@H]1O[C@H](CO[Si](c2ccccc2)(c2ccccc2)C(C)(C)C)[C@@H](OC(=O)c2ccccc2)[C@H](OC(=O)c2ccccc2)[C@H]1OC(=O)c1ccccc1. The van der Waals surface area contributed by atoms with Crippen LogP contribution < -0.4 is 10.4 Å². The second-order valence-corrected chi connectivity index (χ2v) is 18.8. The average Bonchev–Trinajstić information content (AvgIpc) is 3.23. The summed E-state index contributed by atoms with van der Waals surface area (Å²) >= 11 is 0. The van der Waals surface area contributed by atoms with Crippen LogP contribution in [-0.4, -0.2) is 82.7 Å². The lowest BCUT2D eigenvalue weighted by atomic mass is 9.96. The maximum absolute atomic E-state index is 14.0. The fraction of sp³-hybridized carbons (Fsp3) is 0.267. The number of hydrogen-bond donors (Lipinski definition) is 0. The summed E-state index contributed by atoms with van der Waals surface area (Å²) in [4.78, 5) is 47.4. The van der Waals surface area contributed by atoms with E-state index in [1.165, 1.54) is 12.2 Å². The summed E-state index contributed by atoms with van der Waals surface area (Å²) in [5, 5.41) is 3.02. The summed E-state index contributed by atoms with van der Waals surface area (Å²) in [6.45, 7) is 6.35. The molecule has 0 N–H and O–H groups in total. The highest BCUT2D eigenvalue weighted by Crippen LogP contribution is 2.38. The fourth-order valence-corrected chi connectivity index (χ4v) is 11.7. The third kappa shape index (κ3) is 8.83. The molecule has 5 atom stereocenters. The van der Waals surface area contributed by atoms with Crippen molar-refractivity contribution in [3.63, 3.8) is 0 Å². The van der Waals surface area contributed by atoms with Crippen molar-refractivity contribution < 1.29 is 42.6 Å². The van der Waals surface area contributed by atoms with Crippen molar-refractivity contribution in [2.75, 3.05) is 20.8 Å². The van der Waals surface area contributed by atoms with E-state index in [0.717, 1.165) is 10.4 Å². The first-order valence-corrected chi connectivity index (χ1v) is 20.4. The fourth-order valence-electron chi connectivity index (χ4n) is 7.09. The minimum atomic E-state index is -3.18. The van der Waals surface area contributed by atoms with Crippen molar-refractivity contribution in [1.29, 1.82) is 0 Å². The maximum atomic E-state index is 14.0. The smallest absolute Gasteiger partial charge is 0.338 e. The standard InChI is InChI=1S/C45H47NO9Si/c1-45(2,3)56(35-27-17-9-18-28-35,36-29-19-10-20-30-36)51-31-37-38(53-42(47)32-21-11-6-12-22-32)39(54-43(48)33-23-13-7-14-24-33)40(41(52-37)46(4)50-5)55-44(49)34-25-15-8-16-26-34/h6-30,37-41H,31H2,1-5H3/t37-,38-,39+,40-,41-/m1/s1. The third-order valence-corrected chi connectivity index (χ3v) is 14.9. The van der Waals surface area contributed by atoms with Crippen LogP contribution in [0.4, 0.5) is 0 Å². The molecule has 1 saturated heterocycles. The van der Waals surface area contributed by atoms with Crippen LogP contribution in [0.15, 0.2) is 152 Å². The third-order valence-electron chi connectivity index (χ3n) is 9.89. The normalized spacial score (nSPS) is 19.9. The van der Waals surface area contributed by atoms with Gasteiger partial charge in [0, 0.05) is 7.05 Å². The molecular weight excluding hydrogens is 727 g/mol. The zero-order chi connectivity index (χ0) is 39.7. The van der Waals surface area contributed by atoms with Gasteiger partial charge in [0.05, 0.1) is 30.4 Å². The number of likely N-dealkylation sites (N-methyl/N-ethyl adjacent to an activating group) is 1. The van der Waals surface area contributed by atoms with Crippen molar-refractivity contribution in [2.45, 2.75) is 56.5 Å². The van der Waals surface area contributed by atoms with Crippen LogP contribution in [0.25, 0.3) is 0 Å². The van der Waals surface area contributed by atoms with Crippen LogP contribution in [0.1, 0.15) is 51.8 Å². The second-order valence-electron chi connectivity index (χ2n) is 14.5. The molecule has 6 rings (SSSR count). The molecule has 0 bridgehead atoms. The van der Waals surface area contributed by atoms with E-state index in [1.54, 1.807) is 98.0 Å². The molecule has 5 aromatic rings. The van der Waals surface area contributed by atoms with Gasteiger partial charge in [0.25, 0.3) is 8.32 Å². The summed E-state index contributed by atoms with van der Waals surface area (Å²) in [5.74, 6) is -2.11. The van der Waals surface area contributed by atoms with Crippen LogP contribution in [0, 0.1) is 0 Å². The topological polar surface area (TPSA) is 110 Å². The summed E-state index contributed by atoms with van der Waals surface area (Å²) in [6.07, 6.45) is -6.29. The quantitative estimate of drug-likeness (QED) is 0.0573. The second kappa shape index (κ2) is 18.0. The Bertz CT molecular complexity index is 1990. The Balaban J connectivity index is 1.48. The van der Waals surface area contributed by atoms with Crippen molar-refractivity contribution in [1.82, 2.24) is 5.06 Å². The van der Waals surface area contributed by atoms with Crippen LogP contribution in [0.2, 0.25) is 5.04 Å². The van der Waals surface area contributed by atoms with Crippen molar-refractivity contribution in [2.24, 2.45) is 0 Å². The maximum Gasteiger partial charge on any atom is 0.338 e. The van der Waals surface area contributed by atoms with E-state index in [4.69, 9.17) is 28.2 Å². The molecule has 1 aliphatic rings. The lowest BCUT2D eigenvalue weighted by Crippen LogP contribution is -2.69. The van der Waals surface area contributed by atoms with Gasteiger partial charge >= 0.3 is 17.9 Å². The molecule has 10 nitrogen and oxygen atoms in total. The van der Waals surface area contributed by atoms with E-state index in [9.17, 15) is 14.4 Å². The number of rotatable bonds is 13. The number of hydroxylamine groups is 2. The monoisotopic (exact) mass is 773 g/mol. The molecule has 0 spiro atoms. The molecule has 0 unspecified atom stereocenters. The van der Waals surface area contributed by atoms with Gasteiger partial charge in [-0.15, -0.1) is 0 Å². The molecule has 0 saturated carbocycles. The van der Waals surface area contributed by atoms with E-state index in [0.29, 0.717) is 0 Å². The van der Waals surface area contributed by atoms with Gasteiger partial charge in [-0.3, -0.25) is 4.84 Å². The predicted molar refractivity (Wildman–Crippen MR) is 214 cm³/mol. The number of carbonyl (C=O) groups excluding carboxylic acids is 3. The molecule has 0 radical (unpaired) electrons. The van der Waals surface area contributed by atoms with E-state index in [-0.39, 0.29) is 23.3 Å². The number of ether oxygens (including phenoxy) is 4. The highest BCUT2D eigenvalue weighted by Gasteiger charge is 2.56. The Morgan fingerprint density at radius 3 is 1.30 bits per heavy atom. The molecule has 0 aromatic heterocycles. The molecule has 0 aliphatic carbocycles. The molecule has 1 heterocycles. The Morgan fingerprint density at radius 2 is 0.929 bits per heavy atom. The zero-order valence-corrected chi connectivity index (χ0v) is 33.1.